The molecule has 0 atom stereocenters. The van der Waals surface area contributed by atoms with Gasteiger partial charge in [-0.3, -0.25) is 10.1 Å². The van der Waals surface area contributed by atoms with E-state index in [4.69, 9.17) is 23.2 Å². The van der Waals surface area contributed by atoms with Gasteiger partial charge in [0.25, 0.3) is 15.9 Å². The molecule has 0 aliphatic carbocycles. The highest BCUT2D eigenvalue weighted by Gasteiger charge is 2.30. The monoisotopic (exact) mass is 454 g/mol. The van der Waals surface area contributed by atoms with Crippen LogP contribution in [-0.4, -0.2) is 42.3 Å². The Bertz CT molecular complexity index is 1170. The van der Waals surface area contributed by atoms with Crippen LogP contribution in [0.15, 0.2) is 51.9 Å². The average molecular weight is 455 g/mol. The van der Waals surface area contributed by atoms with Crippen molar-refractivity contribution in [2.24, 2.45) is 4.40 Å². The van der Waals surface area contributed by atoms with Crippen molar-refractivity contribution in [1.82, 2.24) is 9.88 Å². The molecule has 144 valence electrons. The zero-order valence-corrected chi connectivity index (χ0v) is 17.2. The topological polar surface area (TPSA) is 91.7 Å². The van der Waals surface area contributed by atoms with E-state index in [0.29, 0.717) is 26.4 Å². The highest BCUT2D eigenvalue weighted by atomic mass is 35.5. The van der Waals surface area contributed by atoms with Crippen molar-refractivity contribution < 1.29 is 13.2 Å². The molecule has 0 saturated carbocycles. The predicted molar refractivity (Wildman–Crippen MR) is 111 cm³/mol. The lowest BCUT2D eigenvalue weighted by molar-refractivity contribution is -0.112. The molecule has 2 aromatic rings. The van der Waals surface area contributed by atoms with Crippen LogP contribution >= 0.6 is 34.5 Å². The van der Waals surface area contributed by atoms with Crippen molar-refractivity contribution in [3.63, 3.8) is 0 Å². The minimum absolute atomic E-state index is 0.0899. The molecule has 0 fully saturated rings. The van der Waals surface area contributed by atoms with Crippen molar-refractivity contribution in [3.05, 3.63) is 57.5 Å². The fourth-order valence-electron chi connectivity index (χ4n) is 2.71. The van der Waals surface area contributed by atoms with Gasteiger partial charge in [-0.15, -0.1) is 15.7 Å². The Morgan fingerprint density at radius 1 is 1.29 bits per heavy atom. The van der Waals surface area contributed by atoms with Gasteiger partial charge in [-0.1, -0.05) is 23.2 Å². The van der Waals surface area contributed by atoms with Gasteiger partial charge in [0.2, 0.25) is 0 Å². The summed E-state index contributed by atoms with van der Waals surface area (Å²) in [5.74, 6) is -0.468. The minimum atomic E-state index is -3.58. The molecule has 0 bridgehead atoms. The fourth-order valence-corrected chi connectivity index (χ4v) is 4.91. The molecular formula is C17H12Cl2N4O3S2. The van der Waals surface area contributed by atoms with Crippen molar-refractivity contribution in [1.29, 1.82) is 0 Å². The second kappa shape index (κ2) is 7.32. The van der Waals surface area contributed by atoms with Crippen molar-refractivity contribution in [3.8, 4) is 11.3 Å². The van der Waals surface area contributed by atoms with E-state index in [2.05, 4.69) is 14.7 Å². The van der Waals surface area contributed by atoms with Crippen molar-refractivity contribution >= 4 is 61.4 Å². The number of amidine groups is 1. The molecule has 0 radical (unpaired) electrons. The molecule has 0 spiro atoms. The van der Waals surface area contributed by atoms with Crippen LogP contribution in [0.5, 0.6) is 0 Å². The van der Waals surface area contributed by atoms with Gasteiger partial charge in [-0.25, -0.2) is 13.4 Å². The van der Waals surface area contributed by atoms with E-state index in [0.717, 1.165) is 0 Å². The third kappa shape index (κ3) is 3.83. The summed E-state index contributed by atoms with van der Waals surface area (Å²) in [6, 6.07) is 5.07. The first-order chi connectivity index (χ1) is 13.3. The Kier molecular flexibility index (Phi) is 5.00. The van der Waals surface area contributed by atoms with Gasteiger partial charge in [-0.2, -0.15) is 0 Å². The molecule has 1 aromatic carbocycles. The maximum absolute atomic E-state index is 12.7. The van der Waals surface area contributed by atoms with E-state index in [-0.39, 0.29) is 23.7 Å². The number of thiazole rings is 1. The van der Waals surface area contributed by atoms with Gasteiger partial charge in [0.1, 0.15) is 0 Å². The largest absolute Gasteiger partial charge is 0.331 e. The summed E-state index contributed by atoms with van der Waals surface area (Å²) in [6.07, 6.45) is 4.89. The summed E-state index contributed by atoms with van der Waals surface area (Å²) in [4.78, 5) is 18.7. The zero-order valence-electron chi connectivity index (χ0n) is 14.1. The standard InChI is InChI=1S/C17H12Cl2N4O3S2/c18-10-3-4-11(13(19)8-10)14-9-27-17(20-14)21-16(24)12-2-1-5-23-6-7-28(25,26)22-15(12)23/h1-5,8-9H,6-7H2,(H,20,21,24). The molecular weight excluding hydrogens is 443 g/mol. The molecule has 1 N–H and O–H groups in total. The highest BCUT2D eigenvalue weighted by Crippen LogP contribution is 2.32. The number of nitrogens with one attached hydrogen (secondary N) is 1. The number of hydrogen-bond donors (Lipinski definition) is 1. The minimum Gasteiger partial charge on any atom is -0.331 e. The first-order valence-electron chi connectivity index (χ1n) is 8.03. The van der Waals surface area contributed by atoms with Crippen LogP contribution in [0.1, 0.15) is 0 Å². The number of sulfonamides is 1. The number of nitrogens with zero attached hydrogens (tertiary/aromatic N) is 3. The Morgan fingerprint density at radius 2 is 2.11 bits per heavy atom. The van der Waals surface area contributed by atoms with Crippen LogP contribution in [0.2, 0.25) is 10.0 Å². The third-order valence-corrected chi connectivity index (χ3v) is 6.49. The smallest absolute Gasteiger partial charge is 0.261 e. The number of carbonyl (C=O) groups is 1. The van der Waals surface area contributed by atoms with Crippen LogP contribution in [0, 0.1) is 0 Å². The maximum Gasteiger partial charge on any atom is 0.261 e. The van der Waals surface area contributed by atoms with Crippen molar-refractivity contribution in [2.75, 3.05) is 17.6 Å². The van der Waals surface area contributed by atoms with Gasteiger partial charge in [0.05, 0.1) is 22.0 Å². The van der Waals surface area contributed by atoms with Crippen molar-refractivity contribution in [2.45, 2.75) is 0 Å². The van der Waals surface area contributed by atoms with Gasteiger partial charge in [-0.05, 0) is 30.4 Å². The number of amides is 1. The normalized spacial score (nSPS) is 17.6. The lowest BCUT2D eigenvalue weighted by atomic mass is 10.1. The molecule has 7 nitrogen and oxygen atoms in total. The predicted octanol–water partition coefficient (Wildman–Crippen LogP) is 3.55. The highest BCUT2D eigenvalue weighted by molar-refractivity contribution is 7.90. The first-order valence-corrected chi connectivity index (χ1v) is 11.3. The number of halogens is 2. The molecule has 0 unspecified atom stereocenters. The first kappa shape index (κ1) is 19.1. The van der Waals surface area contributed by atoms with E-state index < -0.39 is 15.9 Å². The maximum atomic E-state index is 12.7. The molecule has 3 heterocycles. The van der Waals surface area contributed by atoms with Gasteiger partial charge in [0, 0.05) is 28.7 Å². The van der Waals surface area contributed by atoms with Crippen LogP contribution in [0.4, 0.5) is 5.13 Å². The second-order valence-electron chi connectivity index (χ2n) is 5.93. The average Bonchev–Trinajstić information content (AvgIpc) is 3.08. The molecule has 11 heteroatoms. The van der Waals surface area contributed by atoms with Gasteiger partial charge >= 0.3 is 0 Å². The summed E-state index contributed by atoms with van der Waals surface area (Å²) in [6.45, 7) is 0.249. The van der Waals surface area contributed by atoms with E-state index >= 15 is 0 Å². The summed E-state index contributed by atoms with van der Waals surface area (Å²) < 4.78 is 27.4. The second-order valence-corrected chi connectivity index (χ2v) is 9.39. The van der Waals surface area contributed by atoms with Crippen LogP contribution in [0.3, 0.4) is 0 Å². The Hall–Kier alpha value is -2.20. The molecule has 0 saturated heterocycles. The zero-order chi connectivity index (χ0) is 19.9. The van der Waals surface area contributed by atoms with Crippen LogP contribution < -0.4 is 5.32 Å². The fraction of sp³-hybridized carbons (Fsp3) is 0.118. The number of hydrogen-bond acceptors (Lipinski definition) is 6. The summed E-state index contributed by atoms with van der Waals surface area (Å²) in [5, 5.41) is 5.77. The molecule has 2 aliphatic heterocycles. The van der Waals surface area contributed by atoms with Crippen LogP contribution in [-0.2, 0) is 14.8 Å². The Labute approximate surface area is 175 Å². The van der Waals surface area contributed by atoms with Gasteiger partial charge in [0.15, 0.2) is 11.0 Å². The molecule has 1 aromatic heterocycles. The number of aromatic nitrogens is 1. The molecule has 2 aliphatic rings. The number of fused-ring (bicyclic) bond motifs is 1. The van der Waals surface area contributed by atoms with Gasteiger partial charge < -0.3 is 4.90 Å². The van der Waals surface area contributed by atoms with E-state index in [1.54, 1.807) is 40.8 Å². The lowest BCUT2D eigenvalue weighted by Gasteiger charge is -2.28. The van der Waals surface area contributed by atoms with Crippen LogP contribution in [0.25, 0.3) is 11.3 Å². The number of anilines is 1. The lowest BCUT2D eigenvalue weighted by Crippen LogP contribution is -2.40. The summed E-state index contributed by atoms with van der Waals surface area (Å²) in [7, 11) is -3.58. The molecule has 1 amide bonds. The third-order valence-electron chi connectivity index (χ3n) is 4.03. The number of rotatable bonds is 3. The number of carbonyl (C=O) groups excluding carboxylic acids is 1. The molecule has 28 heavy (non-hydrogen) atoms. The van der Waals surface area contributed by atoms with E-state index in [9.17, 15) is 13.2 Å². The van der Waals surface area contributed by atoms with E-state index in [1.807, 2.05) is 0 Å². The van der Waals surface area contributed by atoms with E-state index in [1.165, 1.54) is 17.4 Å². The SMILES string of the molecule is O=C(Nc1nc(-c2ccc(Cl)cc2Cl)cs1)C1=CC=CN2CCS(=O)(=O)N=C12. The quantitative estimate of drug-likeness (QED) is 0.765. The molecule has 4 rings (SSSR count). The Morgan fingerprint density at radius 3 is 2.89 bits per heavy atom. The number of benzene rings is 1. The number of allylic oxidation sites excluding steroid dienone is 2. The summed E-state index contributed by atoms with van der Waals surface area (Å²) in [5.41, 5.74) is 1.45. The Balaban J connectivity index is 1.58. The summed E-state index contributed by atoms with van der Waals surface area (Å²) >= 11 is 13.3.